The van der Waals surface area contributed by atoms with E-state index in [2.05, 4.69) is 24.4 Å². The van der Waals surface area contributed by atoms with E-state index in [4.69, 9.17) is 11.6 Å². The van der Waals surface area contributed by atoms with Gasteiger partial charge in [-0.3, -0.25) is 9.59 Å². The molecule has 1 N–H and O–H groups in total. The van der Waals surface area contributed by atoms with Gasteiger partial charge in [0.15, 0.2) is 0 Å². The van der Waals surface area contributed by atoms with Crippen LogP contribution in [0.25, 0.3) is 0 Å². The van der Waals surface area contributed by atoms with Crippen LogP contribution in [0, 0.1) is 12.8 Å². The van der Waals surface area contributed by atoms with E-state index in [0.717, 1.165) is 24.0 Å². The number of rotatable bonds is 4. The quantitative estimate of drug-likeness (QED) is 0.874. The van der Waals surface area contributed by atoms with Crippen molar-refractivity contribution in [1.29, 1.82) is 0 Å². The SMILES string of the molecule is Cc1ccccc1C1CN(C(=O)c2cccc(Cl)c2)CC1C(=O)NC1CC1. The van der Waals surface area contributed by atoms with Gasteiger partial charge in [-0.15, -0.1) is 0 Å². The van der Waals surface area contributed by atoms with E-state index >= 15 is 0 Å². The Bertz CT molecular complexity index is 878. The summed E-state index contributed by atoms with van der Waals surface area (Å²) in [5, 5.41) is 3.67. The van der Waals surface area contributed by atoms with E-state index in [-0.39, 0.29) is 23.7 Å². The Morgan fingerprint density at radius 1 is 1.07 bits per heavy atom. The number of nitrogens with one attached hydrogen (secondary N) is 1. The Balaban J connectivity index is 1.61. The van der Waals surface area contributed by atoms with Crippen molar-refractivity contribution in [3.05, 3.63) is 70.2 Å². The molecule has 0 spiro atoms. The molecule has 1 aliphatic carbocycles. The van der Waals surface area contributed by atoms with E-state index in [1.54, 1.807) is 29.2 Å². The Morgan fingerprint density at radius 3 is 2.56 bits per heavy atom. The van der Waals surface area contributed by atoms with Gasteiger partial charge in [-0.1, -0.05) is 41.9 Å². The van der Waals surface area contributed by atoms with Crippen LogP contribution in [0.3, 0.4) is 0 Å². The van der Waals surface area contributed by atoms with Gasteiger partial charge in [0.05, 0.1) is 5.92 Å². The van der Waals surface area contributed by atoms with E-state index in [1.807, 2.05) is 12.1 Å². The number of carbonyl (C=O) groups excluding carboxylic acids is 2. The number of carbonyl (C=O) groups is 2. The van der Waals surface area contributed by atoms with Crippen LogP contribution in [0.5, 0.6) is 0 Å². The molecule has 27 heavy (non-hydrogen) atoms. The van der Waals surface area contributed by atoms with Crippen molar-refractivity contribution < 1.29 is 9.59 Å². The minimum Gasteiger partial charge on any atom is -0.353 e. The fourth-order valence-corrected chi connectivity index (χ4v) is 4.08. The summed E-state index contributed by atoms with van der Waals surface area (Å²) in [5.74, 6) is -0.229. The van der Waals surface area contributed by atoms with Gasteiger partial charge >= 0.3 is 0 Å². The highest BCUT2D eigenvalue weighted by atomic mass is 35.5. The number of halogens is 1. The summed E-state index contributed by atoms with van der Waals surface area (Å²) in [5.41, 5.74) is 2.87. The van der Waals surface area contributed by atoms with Crippen LogP contribution in [-0.4, -0.2) is 35.8 Å². The Kier molecular flexibility index (Phi) is 4.92. The third-order valence-corrected chi connectivity index (χ3v) is 5.76. The molecular weight excluding hydrogens is 360 g/mol. The summed E-state index contributed by atoms with van der Waals surface area (Å²) in [6.45, 7) is 3.04. The van der Waals surface area contributed by atoms with E-state index in [1.165, 1.54) is 0 Å². The topological polar surface area (TPSA) is 49.4 Å². The summed E-state index contributed by atoms with van der Waals surface area (Å²) in [4.78, 5) is 27.7. The molecule has 4 nitrogen and oxygen atoms in total. The number of benzene rings is 2. The minimum atomic E-state index is -0.227. The fourth-order valence-electron chi connectivity index (χ4n) is 3.89. The first-order valence-corrected chi connectivity index (χ1v) is 9.81. The highest BCUT2D eigenvalue weighted by Gasteiger charge is 2.42. The summed E-state index contributed by atoms with van der Waals surface area (Å²) in [6.07, 6.45) is 2.11. The third-order valence-electron chi connectivity index (χ3n) is 5.53. The number of amides is 2. The zero-order chi connectivity index (χ0) is 19.0. The molecule has 2 amide bonds. The Morgan fingerprint density at radius 2 is 1.85 bits per heavy atom. The molecule has 2 unspecified atom stereocenters. The molecule has 0 aromatic heterocycles. The van der Waals surface area contributed by atoms with Crippen LogP contribution in [0.1, 0.15) is 40.2 Å². The highest BCUT2D eigenvalue weighted by Crippen LogP contribution is 2.36. The van der Waals surface area contributed by atoms with E-state index < -0.39 is 0 Å². The van der Waals surface area contributed by atoms with Crippen LogP contribution in [-0.2, 0) is 4.79 Å². The van der Waals surface area contributed by atoms with Crippen molar-refractivity contribution in [3.8, 4) is 0 Å². The van der Waals surface area contributed by atoms with Gasteiger partial charge in [0.1, 0.15) is 0 Å². The van der Waals surface area contributed by atoms with E-state index in [9.17, 15) is 9.59 Å². The number of hydrogen-bond acceptors (Lipinski definition) is 2. The molecule has 2 aromatic carbocycles. The molecule has 2 aromatic rings. The average molecular weight is 383 g/mol. The second kappa shape index (κ2) is 7.35. The maximum Gasteiger partial charge on any atom is 0.253 e. The molecule has 2 fully saturated rings. The summed E-state index contributed by atoms with van der Waals surface area (Å²) >= 11 is 6.05. The van der Waals surface area contributed by atoms with Crippen LogP contribution >= 0.6 is 11.6 Å². The van der Waals surface area contributed by atoms with Crippen molar-refractivity contribution in [2.75, 3.05) is 13.1 Å². The summed E-state index contributed by atoms with van der Waals surface area (Å²) < 4.78 is 0. The Hall–Kier alpha value is -2.33. The number of aryl methyl sites for hydroxylation is 1. The molecule has 5 heteroatoms. The molecule has 1 heterocycles. The van der Waals surface area contributed by atoms with Gasteiger partial charge in [0.25, 0.3) is 5.91 Å². The zero-order valence-electron chi connectivity index (χ0n) is 15.3. The van der Waals surface area contributed by atoms with Gasteiger partial charge in [-0.25, -0.2) is 0 Å². The van der Waals surface area contributed by atoms with E-state index in [0.29, 0.717) is 29.7 Å². The third kappa shape index (κ3) is 3.86. The lowest BCUT2D eigenvalue weighted by atomic mass is 9.86. The monoisotopic (exact) mass is 382 g/mol. The second-order valence-electron chi connectivity index (χ2n) is 7.57. The molecule has 1 saturated carbocycles. The van der Waals surface area contributed by atoms with Gasteiger partial charge < -0.3 is 10.2 Å². The number of hydrogen-bond donors (Lipinski definition) is 1. The first-order valence-electron chi connectivity index (χ1n) is 9.43. The normalized spacial score (nSPS) is 21.9. The lowest BCUT2D eigenvalue weighted by molar-refractivity contribution is -0.125. The molecule has 0 radical (unpaired) electrons. The molecular formula is C22H23ClN2O2. The molecule has 4 rings (SSSR count). The van der Waals surface area contributed by atoms with Gasteiger partial charge in [-0.05, 0) is 49.1 Å². The number of nitrogens with zero attached hydrogens (tertiary/aromatic N) is 1. The zero-order valence-corrected chi connectivity index (χ0v) is 16.1. The van der Waals surface area contributed by atoms with Gasteiger partial charge in [0, 0.05) is 35.6 Å². The number of likely N-dealkylation sites (tertiary alicyclic amines) is 1. The largest absolute Gasteiger partial charge is 0.353 e. The van der Waals surface area contributed by atoms with Crippen molar-refractivity contribution >= 4 is 23.4 Å². The minimum absolute atomic E-state index is 0.00749. The maximum absolute atomic E-state index is 13.0. The van der Waals surface area contributed by atoms with Crippen LogP contribution < -0.4 is 5.32 Å². The van der Waals surface area contributed by atoms with Crippen molar-refractivity contribution in [2.45, 2.75) is 31.7 Å². The average Bonchev–Trinajstić information content (AvgIpc) is 3.36. The van der Waals surface area contributed by atoms with Crippen molar-refractivity contribution in [1.82, 2.24) is 10.2 Å². The lowest BCUT2D eigenvalue weighted by Crippen LogP contribution is -2.36. The maximum atomic E-state index is 13.0. The second-order valence-corrected chi connectivity index (χ2v) is 8.01. The first kappa shape index (κ1) is 18.1. The summed E-state index contributed by atoms with van der Waals surface area (Å²) in [7, 11) is 0. The molecule has 1 aliphatic heterocycles. The Labute approximate surface area is 164 Å². The lowest BCUT2D eigenvalue weighted by Gasteiger charge is -2.19. The smallest absolute Gasteiger partial charge is 0.253 e. The molecule has 2 aliphatic rings. The van der Waals surface area contributed by atoms with Gasteiger partial charge in [0.2, 0.25) is 5.91 Å². The summed E-state index contributed by atoms with van der Waals surface area (Å²) in [6, 6.07) is 15.4. The standard InChI is InChI=1S/C22H23ClN2O2/c1-14-5-2-3-8-18(14)19-12-25(13-20(19)21(26)24-17-9-10-17)22(27)15-6-4-7-16(23)11-15/h2-8,11,17,19-20H,9-10,12-13H2,1H3,(H,24,26). The van der Waals surface area contributed by atoms with Gasteiger partial charge in [-0.2, -0.15) is 0 Å². The van der Waals surface area contributed by atoms with Crippen molar-refractivity contribution in [3.63, 3.8) is 0 Å². The highest BCUT2D eigenvalue weighted by molar-refractivity contribution is 6.30. The van der Waals surface area contributed by atoms with Crippen LogP contribution in [0.2, 0.25) is 5.02 Å². The molecule has 0 bridgehead atoms. The predicted molar refractivity (Wildman–Crippen MR) is 106 cm³/mol. The van der Waals surface area contributed by atoms with Crippen LogP contribution in [0.15, 0.2) is 48.5 Å². The van der Waals surface area contributed by atoms with Crippen molar-refractivity contribution in [2.24, 2.45) is 5.92 Å². The van der Waals surface area contributed by atoms with Crippen LogP contribution in [0.4, 0.5) is 0 Å². The fraction of sp³-hybridized carbons (Fsp3) is 0.364. The first-order chi connectivity index (χ1) is 13.0. The molecule has 1 saturated heterocycles. The predicted octanol–water partition coefficient (Wildman–Crippen LogP) is 3.78. The molecule has 140 valence electrons. The molecule has 2 atom stereocenters.